The number of nitrogens with one attached hydrogen (secondary N) is 2. The summed E-state index contributed by atoms with van der Waals surface area (Å²) in [6.45, 7) is 5.75. The fourth-order valence-corrected chi connectivity index (χ4v) is 4.89. The second-order valence-electron chi connectivity index (χ2n) is 8.29. The van der Waals surface area contributed by atoms with E-state index in [4.69, 9.17) is 16.3 Å². The van der Waals surface area contributed by atoms with E-state index in [2.05, 4.69) is 25.6 Å². The number of carbonyl (C=O) groups is 1. The molecule has 4 heterocycles. The summed E-state index contributed by atoms with van der Waals surface area (Å²) in [6, 6.07) is 0. The third-order valence-corrected chi connectivity index (χ3v) is 6.51. The molecule has 0 aromatic carbocycles. The number of pyridine rings is 1. The fourth-order valence-electron chi connectivity index (χ4n) is 4.71. The maximum absolute atomic E-state index is 15.7. The summed E-state index contributed by atoms with van der Waals surface area (Å²) < 4.78 is 21.6. The highest BCUT2D eigenvalue weighted by atomic mass is 35.5. The molecule has 0 saturated carbocycles. The number of aryl methyl sites for hydroxylation is 1. The predicted octanol–water partition coefficient (Wildman–Crippen LogP) is 3.66. The Morgan fingerprint density at radius 1 is 1.09 bits per heavy atom. The lowest BCUT2D eigenvalue weighted by molar-refractivity contribution is -0.117. The third kappa shape index (κ3) is 3.57. The number of hydrogen-bond donors (Lipinski definition) is 2. The van der Waals surface area contributed by atoms with Crippen LogP contribution in [0.1, 0.15) is 49.1 Å². The lowest BCUT2D eigenvalue weighted by Crippen LogP contribution is -2.32. The van der Waals surface area contributed by atoms with Gasteiger partial charge in [0.15, 0.2) is 5.82 Å². The number of hydrogen-bond acceptors (Lipinski definition) is 6. The molecular weight excluding hydrogens is 433 g/mol. The summed E-state index contributed by atoms with van der Waals surface area (Å²) in [5.41, 5.74) is 6.14. The number of ether oxygens (including phenoxy) is 1. The molecule has 2 aromatic rings. The van der Waals surface area contributed by atoms with Crippen molar-refractivity contribution >= 4 is 23.1 Å². The average Bonchev–Trinajstić information content (AvgIpc) is 2.76. The number of fused-ring (bicyclic) bond motifs is 2. The minimum absolute atomic E-state index is 0.0584. The van der Waals surface area contributed by atoms with Crippen molar-refractivity contribution in [2.75, 3.05) is 13.1 Å². The minimum atomic E-state index is -0.557. The monoisotopic (exact) mass is 455 g/mol. The van der Waals surface area contributed by atoms with Crippen LogP contribution < -0.4 is 15.4 Å². The van der Waals surface area contributed by atoms with Gasteiger partial charge in [0.1, 0.15) is 0 Å². The Labute approximate surface area is 190 Å². The van der Waals surface area contributed by atoms with E-state index in [0.29, 0.717) is 43.5 Å². The van der Waals surface area contributed by atoms with Crippen molar-refractivity contribution in [2.45, 2.75) is 46.1 Å². The molecule has 0 atom stereocenters. The maximum atomic E-state index is 15.7. The Bertz CT molecular complexity index is 1210. The van der Waals surface area contributed by atoms with Crippen LogP contribution in [-0.4, -0.2) is 33.9 Å². The lowest BCUT2D eigenvalue weighted by atomic mass is 9.81. The van der Waals surface area contributed by atoms with Gasteiger partial charge in [-0.05, 0) is 61.4 Å². The van der Waals surface area contributed by atoms with Crippen molar-refractivity contribution in [1.82, 2.24) is 25.6 Å². The van der Waals surface area contributed by atoms with Gasteiger partial charge in [0.25, 0.3) is 11.8 Å². The van der Waals surface area contributed by atoms with Crippen LogP contribution in [0.25, 0.3) is 5.57 Å². The smallest absolute Gasteiger partial charge is 0.258 e. The van der Waals surface area contributed by atoms with Crippen LogP contribution in [0, 0.1) is 5.82 Å². The van der Waals surface area contributed by atoms with Gasteiger partial charge in [0.2, 0.25) is 11.2 Å². The number of carbonyl (C=O) groups excluding carboxylic acids is 1. The number of nitrogens with zero attached hydrogens (tertiary/aromatic N) is 3. The SMILES string of the molecule is CC1=C(C2=C(C)c3c(cnc(Oc4nc(Cl)nc5c4CNCC5)c3F)CC2)C(=O)NCC1. The molecule has 9 heteroatoms. The molecule has 0 saturated heterocycles. The summed E-state index contributed by atoms with van der Waals surface area (Å²) in [6.07, 6.45) is 4.40. The zero-order chi connectivity index (χ0) is 22.4. The van der Waals surface area contributed by atoms with Gasteiger partial charge in [-0.25, -0.2) is 14.4 Å². The van der Waals surface area contributed by atoms with E-state index < -0.39 is 5.82 Å². The van der Waals surface area contributed by atoms with Gasteiger partial charge in [-0.1, -0.05) is 5.57 Å². The molecule has 0 unspecified atom stereocenters. The number of aromatic nitrogens is 3. The standard InChI is InChI=1S/C23H23ClFN5O2/c1-11-5-8-27-20(31)17(11)14-4-3-13-9-28-22(19(25)18(13)12(14)2)32-21-15-10-26-7-6-16(15)29-23(24)30-21/h9,26H,3-8,10H2,1-2H3,(H,27,31). The van der Waals surface area contributed by atoms with Crippen LogP contribution >= 0.6 is 11.6 Å². The van der Waals surface area contributed by atoms with E-state index in [-0.39, 0.29) is 23.0 Å². The van der Waals surface area contributed by atoms with Gasteiger partial charge in [0.05, 0.1) is 11.3 Å². The highest BCUT2D eigenvalue weighted by Crippen LogP contribution is 2.40. The van der Waals surface area contributed by atoms with Crippen LogP contribution in [0.5, 0.6) is 11.8 Å². The zero-order valence-electron chi connectivity index (χ0n) is 17.9. The van der Waals surface area contributed by atoms with Gasteiger partial charge in [-0.3, -0.25) is 4.79 Å². The molecule has 2 aliphatic heterocycles. The Balaban J connectivity index is 1.58. The maximum Gasteiger partial charge on any atom is 0.258 e. The number of rotatable bonds is 3. The zero-order valence-corrected chi connectivity index (χ0v) is 18.7. The molecule has 7 nitrogen and oxygen atoms in total. The molecular formula is C23H23ClFN5O2. The molecule has 1 aliphatic carbocycles. The quantitative estimate of drug-likeness (QED) is 0.687. The molecule has 0 radical (unpaired) electrons. The molecule has 1 amide bonds. The average molecular weight is 456 g/mol. The Morgan fingerprint density at radius 3 is 2.75 bits per heavy atom. The molecule has 2 N–H and O–H groups in total. The van der Waals surface area contributed by atoms with Gasteiger partial charge < -0.3 is 15.4 Å². The summed E-state index contributed by atoms with van der Waals surface area (Å²) >= 11 is 6.07. The van der Waals surface area contributed by atoms with Crippen LogP contribution in [0.15, 0.2) is 22.9 Å². The summed E-state index contributed by atoms with van der Waals surface area (Å²) in [5.74, 6) is -0.599. The highest BCUT2D eigenvalue weighted by molar-refractivity contribution is 6.28. The molecule has 3 aliphatic rings. The van der Waals surface area contributed by atoms with E-state index in [1.807, 2.05) is 13.8 Å². The summed E-state index contributed by atoms with van der Waals surface area (Å²) in [7, 11) is 0. The van der Waals surface area contributed by atoms with Gasteiger partial charge in [-0.15, -0.1) is 0 Å². The molecule has 166 valence electrons. The van der Waals surface area contributed by atoms with E-state index in [1.165, 1.54) is 0 Å². The molecule has 0 bridgehead atoms. The van der Waals surface area contributed by atoms with Crippen molar-refractivity contribution in [3.8, 4) is 11.8 Å². The van der Waals surface area contributed by atoms with Crippen LogP contribution in [0.4, 0.5) is 4.39 Å². The van der Waals surface area contributed by atoms with Gasteiger partial charge >= 0.3 is 0 Å². The molecule has 2 aromatic heterocycles. The van der Waals surface area contributed by atoms with Crippen molar-refractivity contribution in [1.29, 1.82) is 0 Å². The summed E-state index contributed by atoms with van der Waals surface area (Å²) in [5, 5.41) is 6.20. The second kappa shape index (κ2) is 8.26. The van der Waals surface area contributed by atoms with Crippen molar-refractivity contribution in [2.24, 2.45) is 0 Å². The van der Waals surface area contributed by atoms with Crippen molar-refractivity contribution in [3.05, 3.63) is 56.4 Å². The minimum Gasteiger partial charge on any atom is -0.417 e. The van der Waals surface area contributed by atoms with Crippen LogP contribution in [0.3, 0.4) is 0 Å². The Morgan fingerprint density at radius 2 is 1.94 bits per heavy atom. The normalized spacial score (nSPS) is 18.3. The fraction of sp³-hybridized carbons (Fsp3) is 0.391. The lowest BCUT2D eigenvalue weighted by Gasteiger charge is -2.27. The Kier molecular flexibility index (Phi) is 5.43. The first-order valence-electron chi connectivity index (χ1n) is 10.7. The third-order valence-electron chi connectivity index (χ3n) is 6.34. The molecule has 32 heavy (non-hydrogen) atoms. The van der Waals surface area contributed by atoms with Crippen LogP contribution in [0.2, 0.25) is 5.28 Å². The first-order chi connectivity index (χ1) is 15.4. The molecule has 0 spiro atoms. The summed E-state index contributed by atoms with van der Waals surface area (Å²) in [4.78, 5) is 25.2. The number of allylic oxidation sites excluding steroid dienone is 1. The second-order valence-corrected chi connectivity index (χ2v) is 8.63. The largest absolute Gasteiger partial charge is 0.417 e. The number of amides is 1. The van der Waals surface area contributed by atoms with Crippen LogP contribution in [-0.2, 0) is 24.2 Å². The number of halogens is 2. The molecule has 0 fully saturated rings. The van der Waals surface area contributed by atoms with Gasteiger partial charge in [-0.2, -0.15) is 4.98 Å². The van der Waals surface area contributed by atoms with E-state index >= 15 is 4.39 Å². The van der Waals surface area contributed by atoms with Crippen molar-refractivity contribution < 1.29 is 13.9 Å². The molecule has 5 rings (SSSR count). The van der Waals surface area contributed by atoms with E-state index in [9.17, 15) is 4.79 Å². The predicted molar refractivity (Wildman–Crippen MR) is 118 cm³/mol. The first kappa shape index (κ1) is 21.0. The van der Waals surface area contributed by atoms with Gasteiger partial charge in [0, 0.05) is 43.4 Å². The Hall–Kier alpha value is -2.84. The van der Waals surface area contributed by atoms with E-state index in [1.54, 1.807) is 6.20 Å². The van der Waals surface area contributed by atoms with Crippen molar-refractivity contribution in [3.63, 3.8) is 0 Å². The highest BCUT2D eigenvalue weighted by Gasteiger charge is 2.30. The van der Waals surface area contributed by atoms with E-state index in [0.717, 1.165) is 46.5 Å². The first-order valence-corrected chi connectivity index (χ1v) is 11.1. The topological polar surface area (TPSA) is 89.0 Å².